The molecule has 0 unspecified atom stereocenters. The number of hydrogen-bond donors (Lipinski definition) is 3. The third-order valence-corrected chi connectivity index (χ3v) is 5.15. The van der Waals surface area contributed by atoms with Crippen molar-refractivity contribution in [3.8, 4) is 0 Å². The highest BCUT2D eigenvalue weighted by Crippen LogP contribution is 2.24. The zero-order chi connectivity index (χ0) is 22.4. The van der Waals surface area contributed by atoms with Crippen LogP contribution in [0.3, 0.4) is 0 Å². The summed E-state index contributed by atoms with van der Waals surface area (Å²) in [5.74, 6) is -0.510. The summed E-state index contributed by atoms with van der Waals surface area (Å²) >= 11 is 0. The van der Waals surface area contributed by atoms with Crippen molar-refractivity contribution in [2.45, 2.75) is 51.7 Å². The van der Waals surface area contributed by atoms with Crippen molar-refractivity contribution in [2.24, 2.45) is 0 Å². The molecule has 7 heteroatoms. The first kappa shape index (κ1) is 22.6. The van der Waals surface area contributed by atoms with Crippen LogP contribution >= 0.6 is 0 Å². The van der Waals surface area contributed by atoms with Crippen LogP contribution in [-0.4, -0.2) is 36.6 Å². The molecule has 0 spiro atoms. The van der Waals surface area contributed by atoms with Crippen LogP contribution in [0.1, 0.15) is 49.5 Å². The van der Waals surface area contributed by atoms with E-state index < -0.39 is 0 Å². The van der Waals surface area contributed by atoms with Crippen LogP contribution in [0.5, 0.6) is 0 Å². The van der Waals surface area contributed by atoms with Crippen molar-refractivity contribution in [2.75, 3.05) is 18.0 Å². The summed E-state index contributed by atoms with van der Waals surface area (Å²) in [6.45, 7) is 7.60. The number of nitrogens with zero attached hydrogens (tertiary/aromatic N) is 1. The number of halogens is 1. The molecule has 1 aliphatic heterocycles. The summed E-state index contributed by atoms with van der Waals surface area (Å²) in [5.41, 5.74) is 1.90. The Labute approximate surface area is 183 Å². The summed E-state index contributed by atoms with van der Waals surface area (Å²) in [6.07, 6.45) is 1.60. The molecule has 166 valence electrons. The highest BCUT2D eigenvalue weighted by molar-refractivity contribution is 5.99. The Morgan fingerprint density at radius 1 is 1.06 bits per heavy atom. The molecule has 2 aromatic carbocycles. The van der Waals surface area contributed by atoms with Crippen molar-refractivity contribution < 1.29 is 14.0 Å². The second-order valence-corrected chi connectivity index (χ2v) is 8.94. The van der Waals surface area contributed by atoms with E-state index in [0.717, 1.165) is 31.6 Å². The molecule has 0 aliphatic carbocycles. The van der Waals surface area contributed by atoms with Gasteiger partial charge < -0.3 is 20.9 Å². The van der Waals surface area contributed by atoms with Gasteiger partial charge in [0.25, 0.3) is 5.91 Å². The first-order chi connectivity index (χ1) is 14.7. The van der Waals surface area contributed by atoms with Crippen LogP contribution in [0.4, 0.5) is 14.9 Å². The zero-order valence-electron chi connectivity index (χ0n) is 18.4. The lowest BCUT2D eigenvalue weighted by Gasteiger charge is -2.35. The van der Waals surface area contributed by atoms with Gasteiger partial charge in [0.1, 0.15) is 5.82 Å². The Kier molecular flexibility index (Phi) is 7.15. The quantitative estimate of drug-likeness (QED) is 0.681. The van der Waals surface area contributed by atoms with E-state index in [1.165, 1.54) is 12.1 Å². The fourth-order valence-electron chi connectivity index (χ4n) is 3.69. The van der Waals surface area contributed by atoms with Crippen molar-refractivity contribution in [1.82, 2.24) is 16.0 Å². The number of rotatable bonds is 5. The number of anilines is 1. The average Bonchev–Trinajstić information content (AvgIpc) is 2.71. The average molecular weight is 427 g/mol. The molecule has 3 N–H and O–H groups in total. The highest BCUT2D eigenvalue weighted by atomic mass is 19.1. The maximum Gasteiger partial charge on any atom is 0.315 e. The second-order valence-electron chi connectivity index (χ2n) is 8.94. The third-order valence-electron chi connectivity index (χ3n) is 5.15. The van der Waals surface area contributed by atoms with E-state index in [9.17, 15) is 14.0 Å². The van der Waals surface area contributed by atoms with Crippen molar-refractivity contribution in [3.63, 3.8) is 0 Å². The van der Waals surface area contributed by atoms with Crippen LogP contribution in [-0.2, 0) is 6.54 Å². The van der Waals surface area contributed by atoms with Crippen LogP contribution in [0.25, 0.3) is 0 Å². The molecule has 1 fully saturated rings. The number of urea groups is 1. The number of benzene rings is 2. The van der Waals surface area contributed by atoms with Gasteiger partial charge in [-0.2, -0.15) is 0 Å². The molecule has 2 aromatic rings. The molecule has 0 atom stereocenters. The fourth-order valence-corrected chi connectivity index (χ4v) is 3.69. The van der Waals surface area contributed by atoms with Gasteiger partial charge in [-0.3, -0.25) is 4.79 Å². The molecule has 3 amide bonds. The Hall–Kier alpha value is -3.09. The van der Waals surface area contributed by atoms with E-state index in [1.807, 2.05) is 39.0 Å². The van der Waals surface area contributed by atoms with E-state index in [4.69, 9.17) is 0 Å². The largest absolute Gasteiger partial charge is 0.371 e. The Morgan fingerprint density at radius 2 is 1.77 bits per heavy atom. The van der Waals surface area contributed by atoms with Gasteiger partial charge in [0.15, 0.2) is 0 Å². The predicted molar refractivity (Wildman–Crippen MR) is 121 cm³/mol. The summed E-state index contributed by atoms with van der Waals surface area (Å²) in [7, 11) is 0. The molecular formula is C24H31FN4O2. The van der Waals surface area contributed by atoms with Crippen LogP contribution in [0, 0.1) is 5.82 Å². The number of hydrogen-bond acceptors (Lipinski definition) is 3. The van der Waals surface area contributed by atoms with Gasteiger partial charge in [0, 0.05) is 36.9 Å². The lowest BCUT2D eigenvalue weighted by molar-refractivity contribution is 0.0951. The van der Waals surface area contributed by atoms with Crippen LogP contribution < -0.4 is 20.9 Å². The van der Waals surface area contributed by atoms with Crippen LogP contribution in [0.2, 0.25) is 0 Å². The summed E-state index contributed by atoms with van der Waals surface area (Å²) in [5, 5.41) is 8.85. The Bertz CT molecular complexity index is 918. The minimum absolute atomic E-state index is 0.104. The Balaban J connectivity index is 1.58. The molecule has 0 radical (unpaired) electrons. The number of carbonyl (C=O) groups excluding carboxylic acids is 2. The van der Waals surface area contributed by atoms with Gasteiger partial charge in [-0.25, -0.2) is 9.18 Å². The van der Waals surface area contributed by atoms with Crippen molar-refractivity contribution >= 4 is 17.6 Å². The van der Waals surface area contributed by atoms with Gasteiger partial charge >= 0.3 is 6.03 Å². The minimum atomic E-state index is -0.320. The van der Waals surface area contributed by atoms with Gasteiger partial charge in [-0.15, -0.1) is 0 Å². The van der Waals surface area contributed by atoms with E-state index in [0.29, 0.717) is 11.1 Å². The van der Waals surface area contributed by atoms with E-state index in [2.05, 4.69) is 20.9 Å². The van der Waals surface area contributed by atoms with Gasteiger partial charge in [-0.05, 0) is 63.4 Å². The lowest BCUT2D eigenvalue weighted by atomic mass is 10.0. The molecule has 1 saturated heterocycles. The third kappa shape index (κ3) is 6.70. The van der Waals surface area contributed by atoms with Crippen molar-refractivity contribution in [1.29, 1.82) is 0 Å². The van der Waals surface area contributed by atoms with Crippen LogP contribution in [0.15, 0.2) is 48.5 Å². The number of amides is 3. The summed E-state index contributed by atoms with van der Waals surface area (Å²) in [6, 6.07) is 13.7. The first-order valence-electron chi connectivity index (χ1n) is 10.7. The summed E-state index contributed by atoms with van der Waals surface area (Å²) in [4.78, 5) is 27.1. The fraction of sp³-hybridized carbons (Fsp3) is 0.417. The van der Waals surface area contributed by atoms with Crippen molar-refractivity contribution in [3.05, 3.63) is 65.5 Å². The molecule has 0 bridgehead atoms. The highest BCUT2D eigenvalue weighted by Gasteiger charge is 2.24. The molecule has 0 saturated carbocycles. The molecular weight excluding hydrogens is 395 g/mol. The standard InChI is InChI=1S/C24H31FN4O2/c1-24(2,3)28-23(31)27-19-11-13-29(14-12-19)21-10-5-4-9-20(21)22(30)26-16-17-7-6-8-18(25)15-17/h4-10,15,19H,11-14,16H2,1-3H3,(H,26,30)(H2,27,28,31). The smallest absolute Gasteiger partial charge is 0.315 e. The minimum Gasteiger partial charge on any atom is -0.371 e. The van der Waals surface area contributed by atoms with Gasteiger partial charge in [0.05, 0.1) is 5.56 Å². The zero-order valence-corrected chi connectivity index (χ0v) is 18.4. The maximum atomic E-state index is 13.4. The Morgan fingerprint density at radius 3 is 2.45 bits per heavy atom. The second kappa shape index (κ2) is 9.81. The van der Waals surface area contributed by atoms with E-state index >= 15 is 0 Å². The number of piperidine rings is 1. The molecule has 3 rings (SSSR count). The number of carbonyl (C=O) groups is 2. The molecule has 0 aromatic heterocycles. The number of nitrogens with one attached hydrogen (secondary N) is 3. The molecule has 1 aliphatic rings. The summed E-state index contributed by atoms with van der Waals surface area (Å²) < 4.78 is 13.4. The van der Waals surface area contributed by atoms with Gasteiger partial charge in [-0.1, -0.05) is 24.3 Å². The molecule has 31 heavy (non-hydrogen) atoms. The first-order valence-corrected chi connectivity index (χ1v) is 10.7. The predicted octanol–water partition coefficient (Wildman–Crippen LogP) is 3.82. The molecule has 6 nitrogen and oxygen atoms in total. The number of para-hydroxylation sites is 1. The van der Waals surface area contributed by atoms with E-state index in [-0.39, 0.29) is 35.9 Å². The normalized spacial score (nSPS) is 14.8. The monoisotopic (exact) mass is 426 g/mol. The maximum absolute atomic E-state index is 13.4. The topological polar surface area (TPSA) is 73.5 Å². The van der Waals surface area contributed by atoms with Gasteiger partial charge in [0.2, 0.25) is 0 Å². The lowest BCUT2D eigenvalue weighted by Crippen LogP contribution is -2.52. The molecule has 1 heterocycles. The SMILES string of the molecule is CC(C)(C)NC(=O)NC1CCN(c2ccccc2C(=O)NCc2cccc(F)c2)CC1. The van der Waals surface area contributed by atoms with E-state index in [1.54, 1.807) is 18.2 Å².